The lowest BCUT2D eigenvalue weighted by molar-refractivity contribution is -0.0288. The van der Waals surface area contributed by atoms with Crippen molar-refractivity contribution < 1.29 is 14.9 Å². The fourth-order valence-corrected chi connectivity index (χ4v) is 4.55. The van der Waals surface area contributed by atoms with E-state index < -0.39 is 5.60 Å². The molecule has 0 amide bonds. The number of aryl methyl sites for hydroxylation is 1. The molecule has 1 saturated heterocycles. The minimum atomic E-state index is -0.915. The third-order valence-corrected chi connectivity index (χ3v) is 6.70. The summed E-state index contributed by atoms with van der Waals surface area (Å²) in [5, 5.41) is 22.3. The van der Waals surface area contributed by atoms with E-state index in [2.05, 4.69) is 20.9 Å². The van der Waals surface area contributed by atoms with Crippen LogP contribution in [0.5, 0.6) is 11.5 Å². The standard InChI is InChI=1S/C27H30ClN3O3/c1-19-22(5-3-13-29-19)23(24-17-21(34-2)8-9-25(24)32)6-4-14-31-15-11-27(33,12-16-31)26-10-7-20(28)18-30-26/h3,5-10,13,17-18,32-33H,4,11-12,14-16H2,1-2H3/b23-6+. The van der Waals surface area contributed by atoms with E-state index >= 15 is 0 Å². The number of halogens is 1. The van der Waals surface area contributed by atoms with Crippen LogP contribution in [0.4, 0.5) is 0 Å². The Hall–Kier alpha value is -2.93. The number of phenols is 1. The molecule has 0 unspecified atom stereocenters. The molecule has 6 nitrogen and oxygen atoms in total. The second-order valence-corrected chi connectivity index (χ2v) is 9.10. The zero-order chi connectivity index (χ0) is 24.1. The zero-order valence-electron chi connectivity index (χ0n) is 19.5. The Kier molecular flexibility index (Phi) is 7.51. The molecule has 0 bridgehead atoms. The van der Waals surface area contributed by atoms with Crippen LogP contribution < -0.4 is 4.74 Å². The van der Waals surface area contributed by atoms with E-state index in [-0.39, 0.29) is 5.75 Å². The van der Waals surface area contributed by atoms with Crippen LogP contribution in [0, 0.1) is 6.92 Å². The number of hydrogen-bond acceptors (Lipinski definition) is 6. The number of aromatic nitrogens is 2. The molecular formula is C27H30ClN3O3. The number of pyridine rings is 2. The topological polar surface area (TPSA) is 78.7 Å². The van der Waals surface area contributed by atoms with E-state index in [9.17, 15) is 10.2 Å². The van der Waals surface area contributed by atoms with Crippen LogP contribution in [0.2, 0.25) is 5.02 Å². The van der Waals surface area contributed by atoms with Gasteiger partial charge >= 0.3 is 0 Å². The highest BCUT2D eigenvalue weighted by molar-refractivity contribution is 6.30. The van der Waals surface area contributed by atoms with Gasteiger partial charge in [-0.2, -0.15) is 0 Å². The normalized spacial score (nSPS) is 16.4. The van der Waals surface area contributed by atoms with Crippen LogP contribution in [-0.4, -0.2) is 51.8 Å². The molecule has 0 atom stereocenters. The number of piperidine rings is 1. The number of ether oxygens (including phenoxy) is 1. The van der Waals surface area contributed by atoms with Gasteiger partial charge in [-0.3, -0.25) is 9.97 Å². The molecule has 0 spiro atoms. The van der Waals surface area contributed by atoms with Crippen molar-refractivity contribution in [1.82, 2.24) is 14.9 Å². The third kappa shape index (κ3) is 5.41. The summed E-state index contributed by atoms with van der Waals surface area (Å²) in [4.78, 5) is 11.1. The van der Waals surface area contributed by atoms with Gasteiger partial charge in [0.15, 0.2) is 0 Å². The Balaban J connectivity index is 1.49. The third-order valence-electron chi connectivity index (χ3n) is 6.47. The van der Waals surface area contributed by atoms with Crippen LogP contribution in [-0.2, 0) is 5.60 Å². The molecule has 4 rings (SSSR count). The van der Waals surface area contributed by atoms with E-state index in [0.29, 0.717) is 29.3 Å². The maximum atomic E-state index is 11.1. The van der Waals surface area contributed by atoms with Gasteiger partial charge in [-0.1, -0.05) is 23.7 Å². The lowest BCUT2D eigenvalue weighted by atomic mass is 9.87. The van der Waals surface area contributed by atoms with Gasteiger partial charge in [0.1, 0.15) is 17.1 Å². The average molecular weight is 480 g/mol. The van der Waals surface area contributed by atoms with Gasteiger partial charge in [0.25, 0.3) is 0 Å². The SMILES string of the molecule is COc1ccc(O)c(/C(=C/CCN2CCC(O)(c3ccc(Cl)cn3)CC2)c2cccnc2C)c1. The van der Waals surface area contributed by atoms with Crippen LogP contribution in [0.25, 0.3) is 5.57 Å². The number of benzene rings is 1. The summed E-state index contributed by atoms with van der Waals surface area (Å²) in [5.41, 5.74) is 3.29. The van der Waals surface area contributed by atoms with Gasteiger partial charge in [0, 0.05) is 48.8 Å². The number of aromatic hydroxyl groups is 1. The predicted octanol–water partition coefficient (Wildman–Crippen LogP) is 4.96. The number of nitrogens with zero attached hydrogens (tertiary/aromatic N) is 3. The van der Waals surface area contributed by atoms with Crippen molar-refractivity contribution in [3.05, 3.63) is 88.5 Å². The van der Waals surface area contributed by atoms with E-state index in [1.165, 1.54) is 0 Å². The van der Waals surface area contributed by atoms with Gasteiger partial charge in [-0.05, 0) is 68.2 Å². The van der Waals surface area contributed by atoms with Crippen LogP contribution >= 0.6 is 11.6 Å². The summed E-state index contributed by atoms with van der Waals surface area (Å²) in [6.07, 6.45) is 7.54. The average Bonchev–Trinajstić information content (AvgIpc) is 2.85. The number of aliphatic hydroxyl groups is 1. The quantitative estimate of drug-likeness (QED) is 0.498. The number of methoxy groups -OCH3 is 1. The first kappa shape index (κ1) is 24.2. The molecule has 0 aliphatic carbocycles. The lowest BCUT2D eigenvalue weighted by Gasteiger charge is -2.37. The van der Waals surface area contributed by atoms with E-state index in [4.69, 9.17) is 16.3 Å². The van der Waals surface area contributed by atoms with Gasteiger partial charge in [0.05, 0.1) is 17.8 Å². The van der Waals surface area contributed by atoms with E-state index in [1.54, 1.807) is 37.7 Å². The summed E-state index contributed by atoms with van der Waals surface area (Å²) in [7, 11) is 1.62. The molecule has 1 aliphatic heterocycles. The van der Waals surface area contributed by atoms with Crippen molar-refractivity contribution >= 4 is 17.2 Å². The second kappa shape index (κ2) is 10.6. The first-order valence-electron chi connectivity index (χ1n) is 11.5. The molecular weight excluding hydrogens is 450 g/mol. The first-order chi connectivity index (χ1) is 16.4. The van der Waals surface area contributed by atoms with Crippen molar-refractivity contribution in [3.63, 3.8) is 0 Å². The van der Waals surface area contributed by atoms with Crippen LogP contribution in [0.15, 0.2) is 60.9 Å². The Morgan fingerprint density at radius 3 is 2.62 bits per heavy atom. The summed E-state index contributed by atoms with van der Waals surface area (Å²) >= 11 is 5.94. The number of phenolic OH excluding ortho intramolecular Hbond substituents is 1. The molecule has 0 saturated carbocycles. The fourth-order valence-electron chi connectivity index (χ4n) is 4.44. The molecule has 3 heterocycles. The summed E-state index contributed by atoms with van der Waals surface area (Å²) in [6, 6.07) is 12.8. The molecule has 7 heteroatoms. The Labute approximate surface area is 205 Å². The molecule has 1 fully saturated rings. The highest BCUT2D eigenvalue weighted by Gasteiger charge is 2.34. The molecule has 178 valence electrons. The minimum Gasteiger partial charge on any atom is -0.507 e. The second-order valence-electron chi connectivity index (χ2n) is 8.66. The highest BCUT2D eigenvalue weighted by atomic mass is 35.5. The van der Waals surface area contributed by atoms with Crippen molar-refractivity contribution in [1.29, 1.82) is 0 Å². The van der Waals surface area contributed by atoms with Crippen molar-refractivity contribution in [2.75, 3.05) is 26.7 Å². The number of likely N-dealkylation sites (tertiary alicyclic amines) is 1. The van der Waals surface area contributed by atoms with Crippen LogP contribution in [0.3, 0.4) is 0 Å². The van der Waals surface area contributed by atoms with Crippen LogP contribution in [0.1, 0.15) is 41.8 Å². The summed E-state index contributed by atoms with van der Waals surface area (Å²) in [5.74, 6) is 0.889. The van der Waals surface area contributed by atoms with Crippen molar-refractivity contribution in [2.45, 2.75) is 31.8 Å². The Morgan fingerprint density at radius 1 is 1.15 bits per heavy atom. The maximum Gasteiger partial charge on any atom is 0.123 e. The zero-order valence-corrected chi connectivity index (χ0v) is 20.3. The summed E-state index contributed by atoms with van der Waals surface area (Å²) in [6.45, 7) is 4.37. The molecule has 1 aromatic carbocycles. The van der Waals surface area contributed by atoms with E-state index in [1.807, 2.05) is 31.2 Å². The molecule has 3 aromatic rings. The minimum absolute atomic E-state index is 0.203. The lowest BCUT2D eigenvalue weighted by Crippen LogP contribution is -2.43. The molecule has 2 aromatic heterocycles. The largest absolute Gasteiger partial charge is 0.507 e. The fraction of sp³-hybridized carbons (Fsp3) is 0.333. The smallest absolute Gasteiger partial charge is 0.123 e. The van der Waals surface area contributed by atoms with Gasteiger partial charge in [-0.15, -0.1) is 0 Å². The first-order valence-corrected chi connectivity index (χ1v) is 11.8. The molecule has 2 N–H and O–H groups in total. The maximum absolute atomic E-state index is 11.1. The Bertz CT molecular complexity index is 1160. The molecule has 0 radical (unpaired) electrons. The molecule has 34 heavy (non-hydrogen) atoms. The Morgan fingerprint density at radius 2 is 1.94 bits per heavy atom. The predicted molar refractivity (Wildman–Crippen MR) is 134 cm³/mol. The van der Waals surface area contributed by atoms with Gasteiger partial charge in [-0.25, -0.2) is 0 Å². The number of rotatable bonds is 7. The number of hydrogen-bond donors (Lipinski definition) is 2. The van der Waals surface area contributed by atoms with Gasteiger partial charge in [0.2, 0.25) is 0 Å². The van der Waals surface area contributed by atoms with Crippen molar-refractivity contribution in [3.8, 4) is 11.5 Å². The van der Waals surface area contributed by atoms with E-state index in [0.717, 1.165) is 48.4 Å². The highest BCUT2D eigenvalue weighted by Crippen LogP contribution is 2.35. The summed E-state index contributed by atoms with van der Waals surface area (Å²) < 4.78 is 5.39. The molecule has 1 aliphatic rings. The monoisotopic (exact) mass is 479 g/mol. The van der Waals surface area contributed by atoms with Crippen molar-refractivity contribution in [2.24, 2.45) is 0 Å². The van der Waals surface area contributed by atoms with Gasteiger partial charge < -0.3 is 19.8 Å².